The molecule has 2 aromatic carbocycles. The third-order valence-corrected chi connectivity index (χ3v) is 5.71. The van der Waals surface area contributed by atoms with Gasteiger partial charge in [0.25, 0.3) is 11.5 Å². The van der Waals surface area contributed by atoms with Gasteiger partial charge in [0.05, 0.1) is 17.4 Å². The predicted molar refractivity (Wildman–Crippen MR) is 134 cm³/mol. The van der Waals surface area contributed by atoms with Crippen LogP contribution >= 0.6 is 0 Å². The monoisotopic (exact) mass is 459 g/mol. The molecule has 0 unspecified atom stereocenters. The quantitative estimate of drug-likeness (QED) is 0.438. The fraction of sp³-hybridized carbons (Fsp3) is 0.308. The van der Waals surface area contributed by atoms with Crippen molar-refractivity contribution in [2.45, 2.75) is 40.3 Å². The molecule has 0 atom stereocenters. The highest BCUT2D eigenvalue weighted by atomic mass is 16.2. The number of rotatable bonds is 8. The number of nitrogens with one attached hydrogen (secondary N) is 1. The number of hydrogen-bond acceptors (Lipinski definition) is 4. The molecule has 0 saturated heterocycles. The zero-order valence-electron chi connectivity index (χ0n) is 19.7. The number of aryl methyl sites for hydroxylation is 1. The number of carbonyl (C=O) groups excluding carboxylic acids is 1. The Morgan fingerprint density at radius 2 is 1.88 bits per heavy atom. The van der Waals surface area contributed by atoms with E-state index in [4.69, 9.17) is 0 Å². The van der Waals surface area contributed by atoms with E-state index >= 15 is 0 Å². The first kappa shape index (κ1) is 23.2. The molecule has 0 aliphatic heterocycles. The molecule has 2 heterocycles. The molecule has 0 spiro atoms. The van der Waals surface area contributed by atoms with E-state index in [-0.39, 0.29) is 29.5 Å². The van der Waals surface area contributed by atoms with Crippen molar-refractivity contribution >= 4 is 28.7 Å². The van der Waals surface area contributed by atoms with Gasteiger partial charge in [-0.3, -0.25) is 14.2 Å². The summed E-state index contributed by atoms with van der Waals surface area (Å²) in [4.78, 5) is 39.4. The Labute approximate surface area is 197 Å². The Morgan fingerprint density at radius 1 is 1.15 bits per heavy atom. The highest BCUT2D eigenvalue weighted by molar-refractivity contribution is 5.98. The van der Waals surface area contributed by atoms with Gasteiger partial charge < -0.3 is 5.32 Å². The van der Waals surface area contributed by atoms with Gasteiger partial charge >= 0.3 is 5.69 Å². The number of carbonyl (C=O) groups is 1. The van der Waals surface area contributed by atoms with Crippen molar-refractivity contribution in [3.8, 4) is 0 Å². The molecule has 176 valence electrons. The van der Waals surface area contributed by atoms with Crippen LogP contribution in [0.25, 0.3) is 22.8 Å². The summed E-state index contributed by atoms with van der Waals surface area (Å²) in [5, 5.41) is 7.78. The summed E-state index contributed by atoms with van der Waals surface area (Å²) in [5.74, 6) is 0.329. The maximum Gasteiger partial charge on any atom is 0.352 e. The van der Waals surface area contributed by atoms with Gasteiger partial charge in [0.15, 0.2) is 0 Å². The first-order valence-electron chi connectivity index (χ1n) is 11.5. The number of fused-ring (bicyclic) bond motifs is 3. The molecular weight excluding hydrogens is 430 g/mol. The largest absolute Gasteiger partial charge is 0.352 e. The second kappa shape index (κ2) is 9.51. The predicted octanol–water partition coefficient (Wildman–Crippen LogP) is 3.30. The van der Waals surface area contributed by atoms with Gasteiger partial charge in [-0.1, -0.05) is 57.7 Å². The van der Waals surface area contributed by atoms with Crippen LogP contribution in [0.4, 0.5) is 0 Å². The van der Waals surface area contributed by atoms with Crippen LogP contribution in [0.3, 0.4) is 0 Å². The summed E-state index contributed by atoms with van der Waals surface area (Å²) in [7, 11) is 0. The molecule has 8 heteroatoms. The molecule has 34 heavy (non-hydrogen) atoms. The molecule has 2 aromatic heterocycles. The van der Waals surface area contributed by atoms with Crippen molar-refractivity contribution in [1.29, 1.82) is 0 Å². The van der Waals surface area contributed by atoms with Crippen LogP contribution in [0.15, 0.2) is 58.6 Å². The fourth-order valence-corrected chi connectivity index (χ4v) is 3.92. The molecule has 0 aliphatic rings. The molecule has 4 rings (SSSR count). The lowest BCUT2D eigenvalue weighted by molar-refractivity contribution is 0.0949. The summed E-state index contributed by atoms with van der Waals surface area (Å²) < 4.78 is 4.32. The first-order valence-corrected chi connectivity index (χ1v) is 11.5. The first-order chi connectivity index (χ1) is 16.3. The topological polar surface area (TPSA) is 90.4 Å². The van der Waals surface area contributed by atoms with Crippen molar-refractivity contribution in [2.75, 3.05) is 6.54 Å². The fourth-order valence-electron chi connectivity index (χ4n) is 3.92. The van der Waals surface area contributed by atoms with Crippen LogP contribution in [0, 0.1) is 5.92 Å². The highest BCUT2D eigenvalue weighted by Gasteiger charge is 2.19. The third kappa shape index (κ3) is 4.31. The van der Waals surface area contributed by atoms with Crippen LogP contribution in [0.2, 0.25) is 0 Å². The molecule has 1 N–H and O–H groups in total. The molecule has 0 bridgehead atoms. The van der Waals surface area contributed by atoms with E-state index in [9.17, 15) is 14.4 Å². The smallest absolute Gasteiger partial charge is 0.352 e. The zero-order chi connectivity index (χ0) is 24.4. The van der Waals surface area contributed by atoms with E-state index in [0.29, 0.717) is 41.9 Å². The molecule has 0 saturated carbocycles. The van der Waals surface area contributed by atoms with E-state index in [1.54, 1.807) is 24.3 Å². The maximum atomic E-state index is 13.5. The Balaban J connectivity index is 1.89. The minimum Gasteiger partial charge on any atom is -0.352 e. The number of aromatic nitrogens is 4. The van der Waals surface area contributed by atoms with Crippen LogP contribution < -0.4 is 16.6 Å². The van der Waals surface area contributed by atoms with E-state index in [2.05, 4.69) is 17.0 Å². The highest BCUT2D eigenvalue weighted by Crippen LogP contribution is 2.15. The lowest BCUT2D eigenvalue weighted by Crippen LogP contribution is -2.29. The summed E-state index contributed by atoms with van der Waals surface area (Å²) >= 11 is 0. The Kier molecular flexibility index (Phi) is 6.49. The van der Waals surface area contributed by atoms with Gasteiger partial charge in [0.2, 0.25) is 5.78 Å². The van der Waals surface area contributed by atoms with Crippen LogP contribution in [-0.4, -0.2) is 31.2 Å². The lowest BCUT2D eigenvalue weighted by Gasteiger charge is -2.11. The van der Waals surface area contributed by atoms with E-state index in [1.165, 1.54) is 13.6 Å². The van der Waals surface area contributed by atoms with Crippen LogP contribution in [0.5, 0.6) is 0 Å². The Morgan fingerprint density at radius 3 is 2.53 bits per heavy atom. The van der Waals surface area contributed by atoms with Gasteiger partial charge in [-0.15, -0.1) is 5.10 Å². The third-order valence-electron chi connectivity index (χ3n) is 5.71. The van der Waals surface area contributed by atoms with Gasteiger partial charge in [-0.2, -0.15) is 0 Å². The molecule has 4 aromatic rings. The number of benzene rings is 2. The minimum absolute atomic E-state index is 0.231. The van der Waals surface area contributed by atoms with Crippen molar-refractivity contribution in [2.24, 2.45) is 5.92 Å². The van der Waals surface area contributed by atoms with Gasteiger partial charge in [0, 0.05) is 18.7 Å². The van der Waals surface area contributed by atoms with E-state index in [0.717, 1.165) is 11.1 Å². The summed E-state index contributed by atoms with van der Waals surface area (Å²) in [5.41, 5.74) is 2.06. The van der Waals surface area contributed by atoms with E-state index in [1.807, 2.05) is 45.0 Å². The molecular formula is C26H29N5O3. The lowest BCUT2D eigenvalue weighted by atomic mass is 10.1. The van der Waals surface area contributed by atoms with Gasteiger partial charge in [0.1, 0.15) is 0 Å². The summed E-state index contributed by atoms with van der Waals surface area (Å²) in [6.45, 7) is 11.0. The minimum atomic E-state index is -0.364. The molecule has 1 amide bonds. The average Bonchev–Trinajstić information content (AvgIpc) is 3.16. The van der Waals surface area contributed by atoms with E-state index < -0.39 is 0 Å². The van der Waals surface area contributed by atoms with Gasteiger partial charge in [-0.25, -0.2) is 13.9 Å². The maximum absolute atomic E-state index is 13.5. The Bertz CT molecular complexity index is 1490. The molecule has 0 aliphatic carbocycles. The van der Waals surface area contributed by atoms with Crippen molar-refractivity contribution in [1.82, 2.24) is 24.1 Å². The normalized spacial score (nSPS) is 11.4. The molecule has 0 fully saturated rings. The zero-order valence-corrected chi connectivity index (χ0v) is 19.7. The van der Waals surface area contributed by atoms with Crippen LogP contribution in [0.1, 0.15) is 48.7 Å². The number of nitrogens with zero attached hydrogens (tertiary/aromatic N) is 4. The van der Waals surface area contributed by atoms with Crippen molar-refractivity contribution in [3.05, 3.63) is 86.6 Å². The Hall–Kier alpha value is -3.94. The SMILES string of the molecule is C=Cc1ccc(Cn2nc3n(CCC)c(=O)c4ccc(C(=O)NCC(C)C)cc4n3c2=O)cc1. The average molecular weight is 460 g/mol. The van der Waals surface area contributed by atoms with Crippen LogP contribution in [-0.2, 0) is 13.1 Å². The van der Waals surface area contributed by atoms with Crippen molar-refractivity contribution in [3.63, 3.8) is 0 Å². The summed E-state index contributed by atoms with van der Waals surface area (Å²) in [6.07, 6.45) is 2.46. The van der Waals surface area contributed by atoms with Crippen molar-refractivity contribution < 1.29 is 4.79 Å². The molecule has 0 radical (unpaired) electrons. The summed E-state index contributed by atoms with van der Waals surface area (Å²) in [6, 6.07) is 12.5. The second-order valence-electron chi connectivity index (χ2n) is 8.81. The number of amides is 1. The molecule has 8 nitrogen and oxygen atoms in total. The number of hydrogen-bond donors (Lipinski definition) is 1. The second-order valence-corrected chi connectivity index (χ2v) is 8.81. The van der Waals surface area contributed by atoms with Gasteiger partial charge in [-0.05, 0) is 41.7 Å². The standard InChI is InChI=1S/C26H29N5O3/c1-5-13-29-24(33)21-12-11-20(23(32)27-15-17(3)4)14-22(21)31-25(29)28-30(26(31)34)16-19-9-7-18(6-2)8-10-19/h6-12,14,17H,2,5,13,15-16H2,1,3-4H3,(H,27,32).